The van der Waals surface area contributed by atoms with Gasteiger partial charge in [-0.1, -0.05) is 44.5 Å². The third-order valence-electron chi connectivity index (χ3n) is 5.11. The van der Waals surface area contributed by atoms with Gasteiger partial charge in [0, 0.05) is 0 Å². The molecule has 2 N–H and O–H groups in total. The van der Waals surface area contributed by atoms with Crippen LogP contribution in [0.2, 0.25) is 0 Å². The highest BCUT2D eigenvalue weighted by Crippen LogP contribution is 2.24. The van der Waals surface area contributed by atoms with Crippen molar-refractivity contribution >= 4 is 28.0 Å². The number of aromatic nitrogens is 3. The molecule has 4 rings (SSSR count). The second-order valence-corrected chi connectivity index (χ2v) is 6.99. The van der Waals surface area contributed by atoms with Crippen LogP contribution in [0.25, 0.3) is 22.1 Å². The number of nitrogens with zero attached hydrogens (tertiary/aromatic N) is 2. The van der Waals surface area contributed by atoms with Crippen LogP contribution in [0, 0.1) is 5.92 Å². The molecular weight excluding hydrogens is 356 g/mol. The maximum Gasteiger partial charge on any atom is 0.420 e. The summed E-state index contributed by atoms with van der Waals surface area (Å²) in [6.45, 7) is 4.03. The Hall–Kier alpha value is -3.35. The van der Waals surface area contributed by atoms with Crippen LogP contribution < -0.4 is 11.1 Å². The number of imidazole rings is 1. The van der Waals surface area contributed by atoms with Gasteiger partial charge in [-0.05, 0) is 30.2 Å². The van der Waals surface area contributed by atoms with Gasteiger partial charge in [0.2, 0.25) is 5.91 Å². The van der Waals surface area contributed by atoms with Gasteiger partial charge >= 0.3 is 5.76 Å². The number of hydrogen-bond donors (Lipinski definition) is 2. The molecule has 28 heavy (non-hydrogen) atoms. The summed E-state index contributed by atoms with van der Waals surface area (Å²) in [7, 11) is 0. The molecule has 0 saturated heterocycles. The minimum atomic E-state index is -0.542. The lowest BCUT2D eigenvalue weighted by atomic mass is 9.98. The van der Waals surface area contributed by atoms with Gasteiger partial charge in [0.25, 0.3) is 0 Å². The van der Waals surface area contributed by atoms with Crippen molar-refractivity contribution in [3.8, 4) is 0 Å². The van der Waals surface area contributed by atoms with Gasteiger partial charge in [0.15, 0.2) is 5.58 Å². The third kappa shape index (κ3) is 3.31. The summed E-state index contributed by atoms with van der Waals surface area (Å²) in [6.07, 6.45) is 0.872. The predicted molar refractivity (Wildman–Crippen MR) is 107 cm³/mol. The molecule has 0 radical (unpaired) electrons. The highest BCUT2D eigenvalue weighted by molar-refractivity contribution is 5.80. The lowest BCUT2D eigenvalue weighted by Crippen LogP contribution is -2.36. The maximum absolute atomic E-state index is 12.8. The van der Waals surface area contributed by atoms with E-state index in [1.165, 1.54) is 4.57 Å². The van der Waals surface area contributed by atoms with Crippen LogP contribution in [0.5, 0.6) is 0 Å². The zero-order valence-electron chi connectivity index (χ0n) is 15.8. The van der Waals surface area contributed by atoms with E-state index in [1.54, 1.807) is 18.2 Å². The second kappa shape index (κ2) is 7.34. The number of nitrogens with one attached hydrogen (secondary N) is 2. The number of hydrogen-bond acceptors (Lipinski definition) is 4. The molecule has 2 aromatic heterocycles. The molecule has 0 aliphatic heterocycles. The van der Waals surface area contributed by atoms with Crippen LogP contribution in [0.4, 0.5) is 0 Å². The molecule has 0 fully saturated rings. The first-order chi connectivity index (χ1) is 13.6. The molecule has 7 nitrogen and oxygen atoms in total. The Morgan fingerprint density at radius 1 is 1.21 bits per heavy atom. The van der Waals surface area contributed by atoms with Gasteiger partial charge in [-0.15, -0.1) is 0 Å². The first-order valence-electron chi connectivity index (χ1n) is 9.39. The van der Waals surface area contributed by atoms with E-state index in [4.69, 9.17) is 4.42 Å². The molecule has 2 atom stereocenters. The van der Waals surface area contributed by atoms with Crippen molar-refractivity contribution in [2.75, 3.05) is 0 Å². The van der Waals surface area contributed by atoms with Gasteiger partial charge < -0.3 is 14.7 Å². The maximum atomic E-state index is 12.8. The van der Waals surface area contributed by atoms with Crippen LogP contribution in [0.3, 0.4) is 0 Å². The van der Waals surface area contributed by atoms with Crippen LogP contribution in [0.1, 0.15) is 32.1 Å². The van der Waals surface area contributed by atoms with E-state index >= 15 is 0 Å². The van der Waals surface area contributed by atoms with Gasteiger partial charge in [0.1, 0.15) is 12.4 Å². The standard InChI is InChI=1S/C21H22N4O3/c1-3-13(2)19(20-22-14-8-4-5-9-15(14)23-20)24-18(26)12-25-16-10-6-7-11-17(16)28-21(25)27/h4-11,13,19H,3,12H2,1-2H3,(H,22,23)(H,24,26). The summed E-state index contributed by atoms with van der Waals surface area (Å²) in [5.41, 5.74) is 2.86. The molecule has 0 aliphatic rings. The minimum Gasteiger partial charge on any atom is -0.408 e. The summed E-state index contributed by atoms with van der Waals surface area (Å²) in [6, 6.07) is 14.6. The number of fused-ring (bicyclic) bond motifs is 2. The number of para-hydroxylation sites is 4. The zero-order valence-corrected chi connectivity index (χ0v) is 15.8. The topological polar surface area (TPSA) is 92.9 Å². The minimum absolute atomic E-state index is 0.108. The van der Waals surface area contributed by atoms with E-state index in [1.807, 2.05) is 30.3 Å². The molecule has 144 valence electrons. The molecule has 0 aliphatic carbocycles. The number of benzene rings is 2. The molecule has 0 bridgehead atoms. The number of carbonyl (C=O) groups excluding carboxylic acids is 1. The van der Waals surface area contributed by atoms with E-state index in [9.17, 15) is 9.59 Å². The van der Waals surface area contributed by atoms with Gasteiger partial charge in [0.05, 0.1) is 22.6 Å². The van der Waals surface area contributed by atoms with Crippen LogP contribution in [-0.4, -0.2) is 20.4 Å². The van der Waals surface area contributed by atoms with Gasteiger partial charge in [-0.25, -0.2) is 9.78 Å². The Balaban J connectivity index is 1.60. The fourth-order valence-corrected chi connectivity index (χ4v) is 3.36. The Morgan fingerprint density at radius 2 is 1.96 bits per heavy atom. The van der Waals surface area contributed by atoms with E-state index in [0.717, 1.165) is 17.5 Å². The van der Waals surface area contributed by atoms with Crippen molar-refractivity contribution in [2.45, 2.75) is 32.9 Å². The molecule has 1 amide bonds. The third-order valence-corrected chi connectivity index (χ3v) is 5.11. The number of aromatic amines is 1. The lowest BCUT2D eigenvalue weighted by molar-refractivity contribution is -0.122. The molecule has 2 unspecified atom stereocenters. The number of H-pyrrole nitrogens is 1. The Morgan fingerprint density at radius 3 is 2.75 bits per heavy atom. The first-order valence-corrected chi connectivity index (χ1v) is 9.39. The highest BCUT2D eigenvalue weighted by Gasteiger charge is 2.24. The number of carbonyl (C=O) groups is 1. The van der Waals surface area contributed by atoms with Crippen LogP contribution >= 0.6 is 0 Å². The average molecular weight is 378 g/mol. The zero-order chi connectivity index (χ0) is 19.7. The summed E-state index contributed by atoms with van der Waals surface area (Å²) >= 11 is 0. The molecule has 2 aromatic carbocycles. The van der Waals surface area contributed by atoms with Crippen molar-refractivity contribution in [1.82, 2.24) is 19.9 Å². The number of oxazole rings is 1. The van der Waals surface area contributed by atoms with E-state index in [2.05, 4.69) is 29.1 Å². The smallest absolute Gasteiger partial charge is 0.408 e. The Bertz CT molecular complexity index is 1150. The summed E-state index contributed by atoms with van der Waals surface area (Å²) in [4.78, 5) is 32.9. The quantitative estimate of drug-likeness (QED) is 0.538. The Kier molecular flexibility index (Phi) is 4.73. The second-order valence-electron chi connectivity index (χ2n) is 6.99. The van der Waals surface area contributed by atoms with Crippen molar-refractivity contribution in [2.24, 2.45) is 5.92 Å². The first kappa shape index (κ1) is 18.0. The summed E-state index contributed by atoms with van der Waals surface area (Å²) in [5, 5.41) is 3.04. The fourth-order valence-electron chi connectivity index (χ4n) is 3.36. The largest absolute Gasteiger partial charge is 0.420 e. The fraction of sp³-hybridized carbons (Fsp3) is 0.286. The molecule has 0 saturated carbocycles. The Labute approximate surface area is 161 Å². The predicted octanol–water partition coefficient (Wildman–Crippen LogP) is 3.37. The molecule has 0 spiro atoms. The normalized spacial score (nSPS) is 13.6. The van der Waals surface area contributed by atoms with Crippen molar-refractivity contribution in [3.63, 3.8) is 0 Å². The van der Waals surface area contributed by atoms with E-state index in [0.29, 0.717) is 16.9 Å². The summed E-state index contributed by atoms with van der Waals surface area (Å²) in [5.74, 6) is 0.0789. The number of rotatable bonds is 6. The van der Waals surface area contributed by atoms with E-state index < -0.39 is 5.76 Å². The van der Waals surface area contributed by atoms with Crippen LogP contribution in [-0.2, 0) is 11.3 Å². The molecule has 2 heterocycles. The average Bonchev–Trinajstić information content (AvgIpc) is 3.26. The van der Waals surface area contributed by atoms with Gasteiger partial charge in [-0.2, -0.15) is 0 Å². The summed E-state index contributed by atoms with van der Waals surface area (Å²) < 4.78 is 6.55. The van der Waals surface area contributed by atoms with Gasteiger partial charge in [-0.3, -0.25) is 9.36 Å². The van der Waals surface area contributed by atoms with Crippen molar-refractivity contribution in [3.05, 3.63) is 64.9 Å². The number of amides is 1. The molecule has 4 aromatic rings. The lowest BCUT2D eigenvalue weighted by Gasteiger charge is -2.22. The molecule has 7 heteroatoms. The monoisotopic (exact) mass is 378 g/mol. The van der Waals surface area contributed by atoms with E-state index in [-0.39, 0.29) is 24.4 Å². The van der Waals surface area contributed by atoms with Crippen molar-refractivity contribution < 1.29 is 9.21 Å². The highest BCUT2D eigenvalue weighted by atomic mass is 16.4. The molecular formula is C21H22N4O3. The SMILES string of the molecule is CCC(C)C(NC(=O)Cn1c(=O)oc2ccccc21)c1nc2ccccc2[nH]1. The van der Waals surface area contributed by atoms with Crippen molar-refractivity contribution in [1.29, 1.82) is 0 Å². The van der Waals surface area contributed by atoms with Crippen LogP contribution in [0.15, 0.2) is 57.7 Å².